The summed E-state index contributed by atoms with van der Waals surface area (Å²) in [5, 5.41) is 7.37. The van der Waals surface area contributed by atoms with Crippen LogP contribution in [0.4, 0.5) is 5.82 Å². The average molecular weight is 282 g/mol. The van der Waals surface area contributed by atoms with E-state index in [0.717, 1.165) is 28.2 Å². The van der Waals surface area contributed by atoms with E-state index in [1.54, 1.807) is 10.9 Å². The molecule has 6 heteroatoms. The molecule has 0 atom stereocenters. The Balaban J connectivity index is 2.45. The number of anilines is 1. The summed E-state index contributed by atoms with van der Waals surface area (Å²) in [5.41, 5.74) is 1.09. The van der Waals surface area contributed by atoms with E-state index in [-0.39, 0.29) is 0 Å². The number of nitrogens with zero attached hydrogens (tertiary/aromatic N) is 4. The Labute approximate surface area is 102 Å². The first kappa shape index (κ1) is 11.1. The molecule has 0 radical (unpaired) electrons. The first-order valence-electron chi connectivity index (χ1n) is 4.98. The molecule has 0 unspecified atom stereocenters. The van der Waals surface area contributed by atoms with E-state index in [0.29, 0.717) is 0 Å². The second kappa shape index (κ2) is 4.61. The lowest BCUT2D eigenvalue weighted by atomic mass is 10.4. The van der Waals surface area contributed by atoms with Gasteiger partial charge in [0.2, 0.25) is 0 Å². The molecule has 0 saturated carbocycles. The molecule has 0 spiro atoms. The van der Waals surface area contributed by atoms with Crippen molar-refractivity contribution in [1.82, 2.24) is 19.7 Å². The van der Waals surface area contributed by atoms with Crippen LogP contribution in [0.15, 0.2) is 23.2 Å². The molecule has 0 aliphatic rings. The summed E-state index contributed by atoms with van der Waals surface area (Å²) >= 11 is 3.48. The Hall–Kier alpha value is -1.43. The first-order chi connectivity index (χ1) is 7.72. The third kappa shape index (κ3) is 2.06. The second-order valence-electron chi connectivity index (χ2n) is 3.35. The van der Waals surface area contributed by atoms with Gasteiger partial charge in [0.1, 0.15) is 16.6 Å². The van der Waals surface area contributed by atoms with E-state index >= 15 is 0 Å². The number of halogens is 1. The predicted octanol–water partition coefficient (Wildman–Crippen LogP) is 2.17. The Morgan fingerprint density at radius 1 is 1.44 bits per heavy atom. The molecule has 0 saturated heterocycles. The van der Waals surface area contributed by atoms with Gasteiger partial charge in [-0.3, -0.25) is 0 Å². The van der Waals surface area contributed by atoms with Crippen molar-refractivity contribution in [1.29, 1.82) is 0 Å². The molecular weight excluding hydrogens is 270 g/mol. The average Bonchev–Trinajstić information content (AvgIpc) is 2.68. The van der Waals surface area contributed by atoms with Crippen LogP contribution in [-0.2, 0) is 0 Å². The van der Waals surface area contributed by atoms with Crippen molar-refractivity contribution in [3.05, 3.63) is 28.8 Å². The first-order valence-corrected chi connectivity index (χ1v) is 5.77. The van der Waals surface area contributed by atoms with E-state index in [1.165, 1.54) is 6.33 Å². The van der Waals surface area contributed by atoms with E-state index in [2.05, 4.69) is 36.3 Å². The number of aromatic nitrogens is 4. The van der Waals surface area contributed by atoms with Gasteiger partial charge in [0, 0.05) is 12.7 Å². The van der Waals surface area contributed by atoms with Gasteiger partial charge in [-0.15, -0.1) is 0 Å². The van der Waals surface area contributed by atoms with Crippen LogP contribution in [0.5, 0.6) is 0 Å². The molecule has 2 rings (SSSR count). The normalized spacial score (nSPS) is 10.4. The maximum absolute atomic E-state index is 4.22. The predicted molar refractivity (Wildman–Crippen MR) is 65.8 cm³/mol. The zero-order valence-corrected chi connectivity index (χ0v) is 10.7. The third-order valence-electron chi connectivity index (χ3n) is 2.04. The SMILES string of the molecule is CCNc1ncnc(-n2cc(C)cn2)c1Br. The number of hydrogen-bond acceptors (Lipinski definition) is 4. The minimum atomic E-state index is 0.735. The number of nitrogens with one attached hydrogen (secondary N) is 1. The molecule has 84 valence electrons. The van der Waals surface area contributed by atoms with E-state index < -0.39 is 0 Å². The number of hydrogen-bond donors (Lipinski definition) is 1. The van der Waals surface area contributed by atoms with Gasteiger partial charge < -0.3 is 5.32 Å². The van der Waals surface area contributed by atoms with Crippen LogP contribution in [0.25, 0.3) is 5.82 Å². The quantitative estimate of drug-likeness (QED) is 0.937. The van der Waals surface area contributed by atoms with Gasteiger partial charge in [0.15, 0.2) is 5.82 Å². The van der Waals surface area contributed by atoms with Gasteiger partial charge in [-0.05, 0) is 35.3 Å². The topological polar surface area (TPSA) is 55.6 Å². The zero-order chi connectivity index (χ0) is 11.5. The van der Waals surface area contributed by atoms with Crippen LogP contribution in [0.3, 0.4) is 0 Å². The monoisotopic (exact) mass is 281 g/mol. The number of aryl methyl sites for hydroxylation is 1. The Morgan fingerprint density at radius 3 is 2.88 bits per heavy atom. The van der Waals surface area contributed by atoms with Crippen molar-refractivity contribution < 1.29 is 0 Å². The molecule has 0 aromatic carbocycles. The maximum Gasteiger partial charge on any atom is 0.173 e. The summed E-state index contributed by atoms with van der Waals surface area (Å²) in [6, 6.07) is 0. The fraction of sp³-hybridized carbons (Fsp3) is 0.300. The molecule has 0 aliphatic carbocycles. The lowest BCUT2D eigenvalue weighted by Crippen LogP contribution is -2.06. The fourth-order valence-corrected chi connectivity index (χ4v) is 1.87. The van der Waals surface area contributed by atoms with Crippen LogP contribution >= 0.6 is 15.9 Å². The molecule has 1 N–H and O–H groups in total. The molecule has 0 fully saturated rings. The standard InChI is InChI=1S/C10H12BrN5/c1-3-12-9-8(11)10(14-6-13-9)16-5-7(2)4-15-16/h4-6H,3H2,1-2H3,(H,12,13,14). The summed E-state index contributed by atoms with van der Waals surface area (Å²) in [6.45, 7) is 4.82. The molecule has 5 nitrogen and oxygen atoms in total. The van der Waals surface area contributed by atoms with Crippen molar-refractivity contribution >= 4 is 21.7 Å². The summed E-state index contributed by atoms with van der Waals surface area (Å²) < 4.78 is 2.54. The Bertz CT molecular complexity index is 494. The van der Waals surface area contributed by atoms with Gasteiger partial charge in [-0.25, -0.2) is 14.6 Å². The van der Waals surface area contributed by atoms with E-state index in [9.17, 15) is 0 Å². The highest BCUT2D eigenvalue weighted by Crippen LogP contribution is 2.24. The van der Waals surface area contributed by atoms with Crippen molar-refractivity contribution in [2.45, 2.75) is 13.8 Å². The van der Waals surface area contributed by atoms with Crippen LogP contribution in [-0.4, -0.2) is 26.3 Å². The minimum Gasteiger partial charge on any atom is -0.369 e. The second-order valence-corrected chi connectivity index (χ2v) is 4.15. The van der Waals surface area contributed by atoms with Crippen LogP contribution in [0.1, 0.15) is 12.5 Å². The van der Waals surface area contributed by atoms with Gasteiger partial charge in [0.25, 0.3) is 0 Å². The maximum atomic E-state index is 4.22. The van der Waals surface area contributed by atoms with Crippen LogP contribution in [0, 0.1) is 6.92 Å². The number of rotatable bonds is 3. The van der Waals surface area contributed by atoms with Gasteiger partial charge in [0.05, 0.1) is 6.20 Å². The fourth-order valence-electron chi connectivity index (χ4n) is 1.34. The lowest BCUT2D eigenvalue weighted by molar-refractivity contribution is 0.833. The zero-order valence-electron chi connectivity index (χ0n) is 9.11. The molecule has 16 heavy (non-hydrogen) atoms. The van der Waals surface area contributed by atoms with Gasteiger partial charge in [-0.2, -0.15) is 5.10 Å². The Kier molecular flexibility index (Phi) is 3.19. The molecule has 0 bridgehead atoms. The molecule has 2 aromatic heterocycles. The van der Waals surface area contributed by atoms with Gasteiger partial charge >= 0.3 is 0 Å². The van der Waals surface area contributed by atoms with E-state index in [4.69, 9.17) is 0 Å². The van der Waals surface area contributed by atoms with Crippen LogP contribution in [0.2, 0.25) is 0 Å². The van der Waals surface area contributed by atoms with Crippen molar-refractivity contribution in [2.24, 2.45) is 0 Å². The lowest BCUT2D eigenvalue weighted by Gasteiger charge is -2.08. The molecule has 0 aliphatic heterocycles. The molecular formula is C10H12BrN5. The van der Waals surface area contributed by atoms with Crippen LogP contribution < -0.4 is 5.32 Å². The Morgan fingerprint density at radius 2 is 2.25 bits per heavy atom. The summed E-state index contributed by atoms with van der Waals surface area (Å²) in [4.78, 5) is 8.36. The smallest absolute Gasteiger partial charge is 0.173 e. The summed E-state index contributed by atoms with van der Waals surface area (Å²) in [5.74, 6) is 1.51. The van der Waals surface area contributed by atoms with E-state index in [1.807, 2.05) is 20.0 Å². The highest BCUT2D eigenvalue weighted by atomic mass is 79.9. The summed E-state index contributed by atoms with van der Waals surface area (Å²) in [7, 11) is 0. The molecule has 0 amide bonds. The minimum absolute atomic E-state index is 0.735. The molecule has 2 aromatic rings. The van der Waals surface area contributed by atoms with Crippen molar-refractivity contribution in [3.63, 3.8) is 0 Å². The largest absolute Gasteiger partial charge is 0.369 e. The highest BCUT2D eigenvalue weighted by Gasteiger charge is 2.10. The third-order valence-corrected chi connectivity index (χ3v) is 2.77. The van der Waals surface area contributed by atoms with Crippen molar-refractivity contribution in [3.8, 4) is 5.82 Å². The van der Waals surface area contributed by atoms with Gasteiger partial charge in [-0.1, -0.05) is 0 Å². The van der Waals surface area contributed by atoms with Crippen molar-refractivity contribution in [2.75, 3.05) is 11.9 Å². The highest BCUT2D eigenvalue weighted by molar-refractivity contribution is 9.10. The molecule has 2 heterocycles. The summed E-state index contributed by atoms with van der Waals surface area (Å²) in [6.07, 6.45) is 5.24.